The van der Waals surface area contributed by atoms with Gasteiger partial charge in [-0.25, -0.2) is 0 Å². The van der Waals surface area contributed by atoms with E-state index < -0.39 is 0 Å². The Morgan fingerprint density at radius 3 is 2.81 bits per heavy atom. The van der Waals surface area contributed by atoms with Crippen molar-refractivity contribution in [2.24, 2.45) is 0 Å². The van der Waals surface area contributed by atoms with Crippen LogP contribution in [0.4, 0.5) is 0 Å². The van der Waals surface area contributed by atoms with Crippen LogP contribution in [0.15, 0.2) is 11.4 Å². The van der Waals surface area contributed by atoms with Gasteiger partial charge in [-0.1, -0.05) is 26.2 Å². The summed E-state index contributed by atoms with van der Waals surface area (Å²) < 4.78 is 0. The first-order valence-electron chi connectivity index (χ1n) is 6.18. The van der Waals surface area contributed by atoms with Crippen LogP contribution < -0.4 is 5.32 Å². The Balaban J connectivity index is 1.91. The van der Waals surface area contributed by atoms with Gasteiger partial charge in [0.25, 0.3) is 5.91 Å². The number of carbonyl (C=O) groups is 1. The number of carbonyl (C=O) groups excluding carboxylic acids is 1. The molecule has 1 aliphatic rings. The van der Waals surface area contributed by atoms with Gasteiger partial charge in [0.15, 0.2) is 0 Å². The van der Waals surface area contributed by atoms with Crippen molar-refractivity contribution in [1.82, 2.24) is 5.32 Å². The zero-order valence-corrected chi connectivity index (χ0v) is 10.6. The van der Waals surface area contributed by atoms with E-state index in [0.717, 1.165) is 24.8 Å². The standard InChI is InChI=1S/C13H19NOS/c1-2-12-8-10(9-16-12)13(15)14-11-6-4-3-5-7-11/h8-9,11H,2-7H2,1H3,(H,14,15). The second-order valence-corrected chi connectivity index (χ2v) is 5.46. The summed E-state index contributed by atoms with van der Waals surface area (Å²) in [5, 5.41) is 5.11. The van der Waals surface area contributed by atoms with Crippen molar-refractivity contribution in [3.8, 4) is 0 Å². The van der Waals surface area contributed by atoms with Crippen LogP contribution in [0, 0.1) is 0 Å². The minimum absolute atomic E-state index is 0.114. The zero-order chi connectivity index (χ0) is 11.4. The molecule has 88 valence electrons. The van der Waals surface area contributed by atoms with E-state index >= 15 is 0 Å². The third-order valence-corrected chi connectivity index (χ3v) is 4.29. The van der Waals surface area contributed by atoms with E-state index in [2.05, 4.69) is 12.2 Å². The lowest BCUT2D eigenvalue weighted by Gasteiger charge is -2.22. The maximum atomic E-state index is 11.9. The van der Waals surface area contributed by atoms with Crippen molar-refractivity contribution in [2.75, 3.05) is 0 Å². The Labute approximate surface area is 101 Å². The first kappa shape index (κ1) is 11.6. The SMILES string of the molecule is CCc1cc(C(=O)NC2CCCCC2)cs1. The Morgan fingerprint density at radius 1 is 1.44 bits per heavy atom. The van der Waals surface area contributed by atoms with Crippen LogP contribution in [-0.2, 0) is 6.42 Å². The maximum absolute atomic E-state index is 11.9. The fourth-order valence-corrected chi connectivity index (χ4v) is 3.02. The van der Waals surface area contributed by atoms with Gasteiger partial charge in [-0.3, -0.25) is 4.79 Å². The minimum Gasteiger partial charge on any atom is -0.349 e. The Bertz CT molecular complexity index is 353. The van der Waals surface area contributed by atoms with Crippen LogP contribution in [0.1, 0.15) is 54.3 Å². The molecule has 3 heteroatoms. The summed E-state index contributed by atoms with van der Waals surface area (Å²) in [4.78, 5) is 13.2. The molecule has 0 aliphatic heterocycles. The number of rotatable bonds is 3. The van der Waals surface area contributed by atoms with E-state index in [1.807, 2.05) is 11.4 Å². The second-order valence-electron chi connectivity index (χ2n) is 4.46. The molecular formula is C13H19NOS. The van der Waals surface area contributed by atoms with E-state index in [0.29, 0.717) is 6.04 Å². The van der Waals surface area contributed by atoms with Crippen molar-refractivity contribution >= 4 is 17.2 Å². The highest BCUT2D eigenvalue weighted by molar-refractivity contribution is 7.10. The van der Waals surface area contributed by atoms with Crippen LogP contribution in [0.5, 0.6) is 0 Å². The van der Waals surface area contributed by atoms with Crippen molar-refractivity contribution in [3.63, 3.8) is 0 Å². The summed E-state index contributed by atoms with van der Waals surface area (Å²) in [6.45, 7) is 2.12. The normalized spacial score (nSPS) is 17.3. The monoisotopic (exact) mass is 237 g/mol. The van der Waals surface area contributed by atoms with Gasteiger partial charge in [-0.05, 0) is 25.3 Å². The molecule has 1 aromatic heterocycles. The third-order valence-electron chi connectivity index (χ3n) is 3.20. The number of nitrogens with one attached hydrogen (secondary N) is 1. The van der Waals surface area contributed by atoms with E-state index in [1.54, 1.807) is 11.3 Å². The average Bonchev–Trinajstić information content (AvgIpc) is 2.79. The molecule has 0 saturated heterocycles. The number of hydrogen-bond donors (Lipinski definition) is 1. The summed E-state index contributed by atoms with van der Waals surface area (Å²) in [6.07, 6.45) is 7.16. The average molecular weight is 237 g/mol. The highest BCUT2D eigenvalue weighted by Gasteiger charge is 2.17. The highest BCUT2D eigenvalue weighted by atomic mass is 32.1. The van der Waals surface area contributed by atoms with Gasteiger partial charge in [0.1, 0.15) is 0 Å². The minimum atomic E-state index is 0.114. The quantitative estimate of drug-likeness (QED) is 0.858. The van der Waals surface area contributed by atoms with Gasteiger partial charge < -0.3 is 5.32 Å². The van der Waals surface area contributed by atoms with Crippen LogP contribution in [0.25, 0.3) is 0 Å². The molecule has 0 bridgehead atoms. The molecule has 1 heterocycles. The summed E-state index contributed by atoms with van der Waals surface area (Å²) in [7, 11) is 0. The van der Waals surface area contributed by atoms with E-state index in [9.17, 15) is 4.79 Å². The third kappa shape index (κ3) is 2.85. The molecule has 1 N–H and O–H groups in total. The molecule has 0 unspecified atom stereocenters. The highest BCUT2D eigenvalue weighted by Crippen LogP contribution is 2.19. The summed E-state index contributed by atoms with van der Waals surface area (Å²) in [5.41, 5.74) is 0.840. The van der Waals surface area contributed by atoms with Gasteiger partial charge in [0.2, 0.25) is 0 Å². The number of amides is 1. The van der Waals surface area contributed by atoms with Crippen LogP contribution >= 0.6 is 11.3 Å². The van der Waals surface area contributed by atoms with Gasteiger partial charge in [0, 0.05) is 16.3 Å². The first-order chi connectivity index (χ1) is 7.79. The lowest BCUT2D eigenvalue weighted by molar-refractivity contribution is 0.0928. The van der Waals surface area contributed by atoms with E-state index in [1.165, 1.54) is 24.1 Å². The second kappa shape index (κ2) is 5.48. The molecular weight excluding hydrogens is 218 g/mol. The maximum Gasteiger partial charge on any atom is 0.252 e. The summed E-state index contributed by atoms with van der Waals surface area (Å²) >= 11 is 1.68. The van der Waals surface area contributed by atoms with Gasteiger partial charge in [-0.15, -0.1) is 11.3 Å². The molecule has 2 nitrogen and oxygen atoms in total. The van der Waals surface area contributed by atoms with E-state index in [-0.39, 0.29) is 5.91 Å². The van der Waals surface area contributed by atoms with E-state index in [4.69, 9.17) is 0 Å². The predicted octanol–water partition coefficient (Wildman–Crippen LogP) is 3.37. The largest absolute Gasteiger partial charge is 0.349 e. The van der Waals surface area contributed by atoms with Gasteiger partial charge in [0.05, 0.1) is 5.56 Å². The predicted molar refractivity (Wildman–Crippen MR) is 68.0 cm³/mol. The molecule has 1 fully saturated rings. The van der Waals surface area contributed by atoms with Crippen molar-refractivity contribution in [3.05, 3.63) is 21.9 Å². The van der Waals surface area contributed by atoms with Crippen LogP contribution in [0.3, 0.4) is 0 Å². The summed E-state index contributed by atoms with van der Waals surface area (Å²) in [5.74, 6) is 0.114. The van der Waals surface area contributed by atoms with Gasteiger partial charge >= 0.3 is 0 Å². The number of aryl methyl sites for hydroxylation is 1. The fraction of sp³-hybridized carbons (Fsp3) is 0.615. The van der Waals surface area contributed by atoms with Crippen LogP contribution in [0.2, 0.25) is 0 Å². The van der Waals surface area contributed by atoms with Gasteiger partial charge in [-0.2, -0.15) is 0 Å². The van der Waals surface area contributed by atoms with Crippen molar-refractivity contribution < 1.29 is 4.79 Å². The number of hydrogen-bond acceptors (Lipinski definition) is 2. The molecule has 2 rings (SSSR count). The lowest BCUT2D eigenvalue weighted by Crippen LogP contribution is -2.35. The Hall–Kier alpha value is -0.830. The molecule has 16 heavy (non-hydrogen) atoms. The smallest absolute Gasteiger partial charge is 0.252 e. The van der Waals surface area contributed by atoms with Crippen LogP contribution in [-0.4, -0.2) is 11.9 Å². The molecule has 1 amide bonds. The topological polar surface area (TPSA) is 29.1 Å². The molecule has 1 aliphatic carbocycles. The fourth-order valence-electron chi connectivity index (χ4n) is 2.20. The molecule has 0 radical (unpaired) electrons. The Morgan fingerprint density at radius 2 is 2.19 bits per heavy atom. The first-order valence-corrected chi connectivity index (χ1v) is 7.06. The molecule has 0 spiro atoms. The summed E-state index contributed by atoms with van der Waals surface area (Å²) in [6, 6.07) is 2.43. The van der Waals surface area contributed by atoms with Crippen molar-refractivity contribution in [2.45, 2.75) is 51.5 Å². The Kier molecular flexibility index (Phi) is 3.99. The molecule has 1 saturated carbocycles. The zero-order valence-electron chi connectivity index (χ0n) is 9.79. The van der Waals surface area contributed by atoms with Crippen molar-refractivity contribution in [1.29, 1.82) is 0 Å². The number of thiophene rings is 1. The molecule has 0 aromatic carbocycles. The lowest BCUT2D eigenvalue weighted by atomic mass is 9.95. The molecule has 0 atom stereocenters. The molecule has 1 aromatic rings.